The van der Waals surface area contributed by atoms with Gasteiger partial charge in [0.1, 0.15) is 6.61 Å². The summed E-state index contributed by atoms with van der Waals surface area (Å²) in [6, 6.07) is 3.35. The number of hydrogen-bond acceptors (Lipinski definition) is 3. The minimum atomic E-state index is -1.07. The van der Waals surface area contributed by atoms with E-state index in [9.17, 15) is 18.4 Å². The van der Waals surface area contributed by atoms with Gasteiger partial charge in [-0.1, -0.05) is 6.07 Å². The van der Waals surface area contributed by atoms with Crippen LogP contribution in [0.4, 0.5) is 18.4 Å². The first-order valence-corrected chi connectivity index (χ1v) is 7.86. The normalized spacial score (nSPS) is 16.5. The van der Waals surface area contributed by atoms with Gasteiger partial charge in [-0.2, -0.15) is 0 Å². The van der Waals surface area contributed by atoms with Crippen LogP contribution in [0.5, 0.6) is 0 Å². The monoisotopic (exact) mass is 362 g/mol. The van der Waals surface area contributed by atoms with Crippen LogP contribution in [0.3, 0.4) is 0 Å². The maximum atomic E-state index is 13.6. The van der Waals surface area contributed by atoms with E-state index in [2.05, 4.69) is 5.32 Å². The summed E-state index contributed by atoms with van der Waals surface area (Å²) in [5.74, 6) is -1.91. The van der Waals surface area contributed by atoms with Gasteiger partial charge < -0.3 is 20.1 Å². The molecule has 1 heterocycles. The zero-order valence-electron chi connectivity index (χ0n) is 12.7. The average molecular weight is 363 g/mol. The third-order valence-corrected chi connectivity index (χ3v) is 4.17. The van der Waals surface area contributed by atoms with Gasteiger partial charge in [0.15, 0.2) is 11.6 Å². The van der Waals surface area contributed by atoms with Gasteiger partial charge in [-0.25, -0.2) is 18.4 Å². The van der Waals surface area contributed by atoms with Crippen molar-refractivity contribution in [2.75, 3.05) is 25.6 Å². The van der Waals surface area contributed by atoms with Gasteiger partial charge in [0.25, 0.3) is 0 Å². The predicted molar refractivity (Wildman–Crippen MR) is 82.1 cm³/mol. The lowest BCUT2D eigenvalue weighted by Crippen LogP contribution is -2.54. The number of ether oxygens (including phenoxy) is 1. The highest BCUT2D eigenvalue weighted by atomic mass is 35.5. The second-order valence-electron chi connectivity index (χ2n) is 5.43. The van der Waals surface area contributed by atoms with Gasteiger partial charge in [0.05, 0.1) is 11.4 Å². The molecule has 0 radical (unpaired) electrons. The summed E-state index contributed by atoms with van der Waals surface area (Å²) < 4.78 is 31.7. The Morgan fingerprint density at radius 2 is 1.96 bits per heavy atom. The topological polar surface area (TPSA) is 78.9 Å². The van der Waals surface area contributed by atoms with E-state index in [-0.39, 0.29) is 38.4 Å². The van der Waals surface area contributed by atoms with Crippen LogP contribution >= 0.6 is 11.6 Å². The van der Waals surface area contributed by atoms with Crippen molar-refractivity contribution in [3.05, 3.63) is 35.4 Å². The third-order valence-electron chi connectivity index (χ3n) is 4.01. The molecule has 2 rings (SSSR count). The molecule has 0 atom stereocenters. The van der Waals surface area contributed by atoms with Crippen molar-refractivity contribution < 1.29 is 28.2 Å². The number of carbonyl (C=O) groups is 2. The molecule has 1 aliphatic rings. The number of likely N-dealkylation sites (tertiary alicyclic amines) is 1. The highest BCUT2D eigenvalue weighted by Crippen LogP contribution is 2.34. The largest absolute Gasteiger partial charge is 0.465 e. The summed E-state index contributed by atoms with van der Waals surface area (Å²) in [6.45, 7) is 0.288. The number of halogens is 3. The minimum absolute atomic E-state index is 0.00248. The van der Waals surface area contributed by atoms with Gasteiger partial charge in [-0.05, 0) is 30.5 Å². The Bertz CT molecular complexity index is 621. The zero-order chi connectivity index (χ0) is 17.7. The van der Waals surface area contributed by atoms with Crippen molar-refractivity contribution in [3.8, 4) is 0 Å². The predicted octanol–water partition coefficient (Wildman–Crippen LogP) is 2.90. The molecule has 0 aromatic heterocycles. The second-order valence-corrected chi connectivity index (χ2v) is 5.81. The molecule has 2 N–H and O–H groups in total. The standard InChI is InChI=1S/C15H17ClF2N2O4/c16-5-8-24-13(21)19-15(3-6-20(7-4-15)14(22)23)10-1-2-11(17)12(18)9-10/h1-2,9H,3-8H2,(H,19,21)(H,22,23). The number of piperidine rings is 1. The molecular formula is C15H17ClF2N2O4. The lowest BCUT2D eigenvalue weighted by Gasteiger charge is -2.41. The molecule has 1 aliphatic heterocycles. The first-order valence-electron chi connectivity index (χ1n) is 7.32. The van der Waals surface area contributed by atoms with E-state index in [4.69, 9.17) is 21.4 Å². The quantitative estimate of drug-likeness (QED) is 0.807. The summed E-state index contributed by atoms with van der Waals surface area (Å²) >= 11 is 5.46. The number of alkyl halides is 1. The molecule has 6 nitrogen and oxygen atoms in total. The molecule has 0 aliphatic carbocycles. The molecule has 1 aromatic rings. The number of nitrogens with one attached hydrogen (secondary N) is 1. The summed E-state index contributed by atoms with van der Waals surface area (Å²) in [7, 11) is 0. The fraction of sp³-hybridized carbons (Fsp3) is 0.467. The average Bonchev–Trinajstić information content (AvgIpc) is 2.55. The van der Waals surface area contributed by atoms with Crippen molar-refractivity contribution in [2.24, 2.45) is 0 Å². The number of carboxylic acid groups (broad SMARTS) is 1. The molecule has 9 heteroatoms. The van der Waals surface area contributed by atoms with Gasteiger partial charge in [0.2, 0.25) is 0 Å². The van der Waals surface area contributed by atoms with Crippen molar-refractivity contribution in [2.45, 2.75) is 18.4 Å². The highest BCUT2D eigenvalue weighted by molar-refractivity contribution is 6.18. The van der Waals surface area contributed by atoms with Crippen molar-refractivity contribution in [3.63, 3.8) is 0 Å². The number of nitrogens with zero attached hydrogens (tertiary/aromatic N) is 1. The van der Waals surface area contributed by atoms with Gasteiger partial charge in [-0.15, -0.1) is 11.6 Å². The van der Waals surface area contributed by atoms with E-state index < -0.39 is 29.4 Å². The third kappa shape index (κ3) is 4.05. The number of carbonyl (C=O) groups excluding carboxylic acids is 1. The van der Waals surface area contributed by atoms with Gasteiger partial charge >= 0.3 is 12.2 Å². The van der Waals surface area contributed by atoms with E-state index >= 15 is 0 Å². The van der Waals surface area contributed by atoms with E-state index in [0.717, 1.165) is 12.1 Å². The number of hydrogen-bond donors (Lipinski definition) is 2. The molecular weight excluding hydrogens is 346 g/mol. The second kappa shape index (κ2) is 7.65. The Balaban J connectivity index is 2.26. The summed E-state index contributed by atoms with van der Waals surface area (Å²) in [5.41, 5.74) is -0.682. The van der Waals surface area contributed by atoms with Crippen LogP contribution in [-0.4, -0.2) is 47.8 Å². The van der Waals surface area contributed by atoms with Crippen LogP contribution in [0, 0.1) is 11.6 Å². The van der Waals surface area contributed by atoms with Crippen molar-refractivity contribution in [1.29, 1.82) is 0 Å². The lowest BCUT2D eigenvalue weighted by atomic mass is 9.81. The fourth-order valence-electron chi connectivity index (χ4n) is 2.72. The molecule has 1 saturated heterocycles. The smallest absolute Gasteiger partial charge is 0.407 e. The molecule has 132 valence electrons. The molecule has 0 bridgehead atoms. The van der Waals surface area contributed by atoms with Crippen LogP contribution in [-0.2, 0) is 10.3 Å². The van der Waals surface area contributed by atoms with E-state index in [1.165, 1.54) is 11.0 Å². The van der Waals surface area contributed by atoms with Crippen LogP contribution in [0.25, 0.3) is 0 Å². The lowest BCUT2D eigenvalue weighted by molar-refractivity contribution is 0.0951. The van der Waals surface area contributed by atoms with Crippen molar-refractivity contribution >= 4 is 23.8 Å². The molecule has 0 unspecified atom stereocenters. The SMILES string of the molecule is O=C(NC1(c2ccc(F)c(F)c2)CCN(C(=O)O)CC1)OCCCl. The molecule has 1 aromatic carbocycles. The van der Waals surface area contributed by atoms with Crippen LogP contribution in [0.2, 0.25) is 0 Å². The maximum Gasteiger partial charge on any atom is 0.407 e. The summed E-state index contributed by atoms with van der Waals surface area (Å²) in [4.78, 5) is 24.2. The Kier molecular flexibility index (Phi) is 5.82. The summed E-state index contributed by atoms with van der Waals surface area (Å²) in [6.07, 6.45) is -1.40. The Morgan fingerprint density at radius 1 is 1.29 bits per heavy atom. The van der Waals surface area contributed by atoms with Crippen LogP contribution in [0.15, 0.2) is 18.2 Å². The number of alkyl carbamates (subject to hydrolysis) is 1. The van der Waals surface area contributed by atoms with E-state index in [0.29, 0.717) is 5.56 Å². The van der Waals surface area contributed by atoms with Crippen LogP contribution < -0.4 is 5.32 Å². The fourth-order valence-corrected chi connectivity index (χ4v) is 2.80. The number of benzene rings is 1. The highest BCUT2D eigenvalue weighted by Gasteiger charge is 2.39. The van der Waals surface area contributed by atoms with Gasteiger partial charge in [-0.3, -0.25) is 0 Å². The first-order chi connectivity index (χ1) is 11.4. The summed E-state index contributed by atoms with van der Waals surface area (Å²) in [5, 5.41) is 11.7. The van der Waals surface area contributed by atoms with E-state index in [1.54, 1.807) is 0 Å². The van der Waals surface area contributed by atoms with Crippen molar-refractivity contribution in [1.82, 2.24) is 10.2 Å². The maximum absolute atomic E-state index is 13.6. The molecule has 1 fully saturated rings. The Hall–Kier alpha value is -2.09. The molecule has 24 heavy (non-hydrogen) atoms. The van der Waals surface area contributed by atoms with Crippen LogP contribution in [0.1, 0.15) is 18.4 Å². The van der Waals surface area contributed by atoms with Gasteiger partial charge in [0, 0.05) is 13.1 Å². The zero-order valence-corrected chi connectivity index (χ0v) is 13.5. The first kappa shape index (κ1) is 18.3. The molecule has 0 spiro atoms. The Labute approximate surface area is 142 Å². The molecule has 2 amide bonds. The van der Waals surface area contributed by atoms with E-state index in [1.807, 2.05) is 0 Å². The number of amides is 2. The Morgan fingerprint density at radius 3 is 2.50 bits per heavy atom. The minimum Gasteiger partial charge on any atom is -0.465 e. The molecule has 0 saturated carbocycles. The number of rotatable bonds is 4.